The largest absolute Gasteiger partial charge is 0.493 e. The van der Waals surface area contributed by atoms with Crippen molar-refractivity contribution < 1.29 is 17.3 Å². The quantitative estimate of drug-likeness (QED) is 0.296. The van der Waals surface area contributed by atoms with Crippen molar-refractivity contribution in [1.82, 2.24) is 0 Å². The number of hydrogen-bond acceptors (Lipinski definition) is 5. The normalized spacial score (nSPS) is 11.6. The number of rotatable bonds is 6. The number of methoxy groups -OCH3 is 1. The van der Waals surface area contributed by atoms with Gasteiger partial charge in [0, 0.05) is 16.3 Å². The van der Waals surface area contributed by atoms with Crippen LogP contribution in [0.1, 0.15) is 11.1 Å². The lowest BCUT2D eigenvalue weighted by Crippen LogP contribution is -2.11. The molecule has 0 aliphatic rings. The van der Waals surface area contributed by atoms with E-state index in [0.29, 0.717) is 21.3 Å². The van der Waals surface area contributed by atoms with Crippen molar-refractivity contribution in [1.29, 1.82) is 0 Å². The molecule has 5 nitrogen and oxygen atoms in total. The first kappa shape index (κ1) is 22.4. The summed E-state index contributed by atoms with van der Waals surface area (Å²) in [6, 6.07) is 14.1. The van der Waals surface area contributed by atoms with Crippen LogP contribution >= 0.6 is 34.8 Å². The highest BCUT2D eigenvalue weighted by Gasteiger charge is 2.22. The first-order chi connectivity index (χ1) is 14.2. The van der Waals surface area contributed by atoms with E-state index in [-0.39, 0.29) is 21.4 Å². The minimum absolute atomic E-state index is 0.0520. The van der Waals surface area contributed by atoms with E-state index in [4.69, 9.17) is 43.7 Å². The van der Waals surface area contributed by atoms with Crippen LogP contribution in [-0.4, -0.2) is 21.7 Å². The van der Waals surface area contributed by atoms with E-state index in [9.17, 15) is 8.42 Å². The molecule has 0 aliphatic carbocycles. The fourth-order valence-corrected chi connectivity index (χ4v) is 4.09. The number of hydrogen-bond donors (Lipinski definition) is 0. The molecule has 0 saturated heterocycles. The highest BCUT2D eigenvalue weighted by molar-refractivity contribution is 7.87. The van der Waals surface area contributed by atoms with Crippen LogP contribution in [0.3, 0.4) is 0 Å². The van der Waals surface area contributed by atoms with Gasteiger partial charge in [-0.25, -0.2) is 0 Å². The molecule has 3 aromatic carbocycles. The summed E-state index contributed by atoms with van der Waals surface area (Å²) in [4.78, 5) is 4.36. The fourth-order valence-electron chi connectivity index (χ4n) is 2.53. The number of halogens is 3. The fraction of sp³-hybridized carbons (Fsp3) is 0.0952. The molecule has 0 bridgehead atoms. The summed E-state index contributed by atoms with van der Waals surface area (Å²) in [7, 11) is -2.75. The van der Waals surface area contributed by atoms with Crippen LogP contribution in [0, 0.1) is 6.92 Å². The Morgan fingerprint density at radius 3 is 2.33 bits per heavy atom. The monoisotopic (exact) mass is 483 g/mol. The highest BCUT2D eigenvalue weighted by atomic mass is 35.5. The maximum absolute atomic E-state index is 12.6. The van der Waals surface area contributed by atoms with Gasteiger partial charge in [-0.1, -0.05) is 40.9 Å². The SMILES string of the molecule is COc1cc(C=Nc2cccc(Cl)c2C)cc(Cl)c1OS(=O)(=O)c1ccc(Cl)cc1. The highest BCUT2D eigenvalue weighted by Crippen LogP contribution is 2.38. The van der Waals surface area contributed by atoms with Crippen molar-refractivity contribution in [3.8, 4) is 11.5 Å². The van der Waals surface area contributed by atoms with Gasteiger partial charge in [-0.3, -0.25) is 4.99 Å². The van der Waals surface area contributed by atoms with E-state index in [2.05, 4.69) is 4.99 Å². The van der Waals surface area contributed by atoms with Crippen molar-refractivity contribution in [2.75, 3.05) is 7.11 Å². The lowest BCUT2D eigenvalue weighted by atomic mass is 10.2. The Labute approximate surface area is 190 Å². The molecule has 0 aromatic heterocycles. The first-order valence-corrected chi connectivity index (χ1v) is 11.1. The van der Waals surface area contributed by atoms with Crippen LogP contribution < -0.4 is 8.92 Å². The second kappa shape index (κ2) is 9.27. The Hall–Kier alpha value is -2.25. The average Bonchev–Trinajstić information content (AvgIpc) is 2.71. The minimum atomic E-state index is -4.14. The molecule has 0 aliphatic heterocycles. The summed E-state index contributed by atoms with van der Waals surface area (Å²) in [6.45, 7) is 1.86. The average molecular weight is 485 g/mol. The van der Waals surface area contributed by atoms with Crippen LogP contribution in [0.5, 0.6) is 11.5 Å². The maximum atomic E-state index is 12.6. The first-order valence-electron chi connectivity index (χ1n) is 8.58. The molecular formula is C21H16Cl3NO4S. The van der Waals surface area contributed by atoms with Gasteiger partial charge >= 0.3 is 10.1 Å². The summed E-state index contributed by atoms with van der Waals surface area (Å²) < 4.78 is 35.7. The van der Waals surface area contributed by atoms with Gasteiger partial charge in [0.25, 0.3) is 0 Å². The van der Waals surface area contributed by atoms with Crippen LogP contribution in [0.15, 0.2) is 64.5 Å². The van der Waals surface area contributed by atoms with Gasteiger partial charge in [0.1, 0.15) is 4.90 Å². The molecule has 0 radical (unpaired) electrons. The van der Waals surface area contributed by atoms with Gasteiger partial charge in [0.2, 0.25) is 5.75 Å². The third-order valence-corrected chi connectivity index (χ3v) is 6.32. The minimum Gasteiger partial charge on any atom is -0.493 e. The molecule has 3 aromatic rings. The molecule has 0 heterocycles. The van der Waals surface area contributed by atoms with Crippen LogP contribution in [0.2, 0.25) is 15.1 Å². The molecule has 0 saturated carbocycles. The zero-order valence-corrected chi connectivity index (χ0v) is 19.0. The molecule has 0 amide bonds. The molecule has 156 valence electrons. The number of ether oxygens (including phenoxy) is 1. The predicted octanol–water partition coefficient (Wildman–Crippen LogP) is 6.48. The molecule has 0 N–H and O–H groups in total. The Morgan fingerprint density at radius 1 is 0.967 bits per heavy atom. The molecule has 0 spiro atoms. The van der Waals surface area contributed by atoms with E-state index < -0.39 is 10.1 Å². The van der Waals surface area contributed by atoms with Gasteiger partial charge in [-0.05, 0) is 66.6 Å². The van der Waals surface area contributed by atoms with Crippen LogP contribution in [0.25, 0.3) is 0 Å². The Balaban J connectivity index is 1.93. The topological polar surface area (TPSA) is 65.0 Å². The van der Waals surface area contributed by atoms with Gasteiger partial charge in [-0.15, -0.1) is 0 Å². The lowest BCUT2D eigenvalue weighted by molar-refractivity contribution is 0.390. The number of nitrogens with zero attached hydrogens (tertiary/aromatic N) is 1. The van der Waals surface area contributed by atoms with Crippen molar-refractivity contribution in [2.24, 2.45) is 4.99 Å². The van der Waals surface area contributed by atoms with E-state index in [0.717, 1.165) is 5.56 Å². The van der Waals surface area contributed by atoms with E-state index in [1.165, 1.54) is 37.4 Å². The van der Waals surface area contributed by atoms with Crippen molar-refractivity contribution in [3.63, 3.8) is 0 Å². The zero-order chi connectivity index (χ0) is 21.9. The summed E-state index contributed by atoms with van der Waals surface area (Å²) >= 11 is 18.2. The summed E-state index contributed by atoms with van der Waals surface area (Å²) in [6.07, 6.45) is 1.57. The Bertz CT molecular complexity index is 1210. The van der Waals surface area contributed by atoms with Gasteiger partial charge in [-0.2, -0.15) is 8.42 Å². The predicted molar refractivity (Wildman–Crippen MR) is 121 cm³/mol. The van der Waals surface area contributed by atoms with E-state index >= 15 is 0 Å². The van der Waals surface area contributed by atoms with E-state index in [1.54, 1.807) is 24.4 Å². The summed E-state index contributed by atoms with van der Waals surface area (Å²) in [5.41, 5.74) is 2.12. The standard InChI is InChI=1S/C21H16Cl3NO4S/c1-13-17(23)4-3-5-19(13)25-12-14-10-18(24)21(20(11-14)28-2)29-30(26,27)16-8-6-15(22)7-9-16/h3-12H,1-2H3. The molecule has 30 heavy (non-hydrogen) atoms. The third kappa shape index (κ3) is 5.08. The molecule has 9 heteroatoms. The lowest BCUT2D eigenvalue weighted by Gasteiger charge is -2.13. The molecule has 0 fully saturated rings. The van der Waals surface area contributed by atoms with Crippen molar-refractivity contribution >= 4 is 56.8 Å². The summed E-state index contributed by atoms with van der Waals surface area (Å²) in [5, 5.41) is 1.07. The van der Waals surface area contributed by atoms with Crippen LogP contribution in [0.4, 0.5) is 5.69 Å². The van der Waals surface area contributed by atoms with Gasteiger partial charge in [0.05, 0.1) is 17.8 Å². The van der Waals surface area contributed by atoms with Crippen molar-refractivity contribution in [2.45, 2.75) is 11.8 Å². The van der Waals surface area contributed by atoms with E-state index in [1.807, 2.05) is 13.0 Å². The van der Waals surface area contributed by atoms with Crippen molar-refractivity contribution in [3.05, 3.63) is 80.8 Å². The number of aliphatic imine (C=N–C) groups is 1. The van der Waals surface area contributed by atoms with Gasteiger partial charge in [0.15, 0.2) is 5.75 Å². The Morgan fingerprint density at radius 2 is 1.67 bits per heavy atom. The number of benzene rings is 3. The molecule has 3 rings (SSSR count). The molecule has 0 unspecified atom stereocenters. The molecular weight excluding hydrogens is 469 g/mol. The molecule has 0 atom stereocenters. The maximum Gasteiger partial charge on any atom is 0.339 e. The Kier molecular flexibility index (Phi) is 6.93. The summed E-state index contributed by atoms with van der Waals surface area (Å²) in [5.74, 6) is 0.0227. The van der Waals surface area contributed by atoms with Crippen LogP contribution in [-0.2, 0) is 10.1 Å². The third-order valence-electron chi connectivity index (χ3n) is 4.14. The van der Waals surface area contributed by atoms with Gasteiger partial charge < -0.3 is 8.92 Å². The smallest absolute Gasteiger partial charge is 0.339 e. The zero-order valence-electron chi connectivity index (χ0n) is 15.9. The second-order valence-electron chi connectivity index (χ2n) is 6.17. The second-order valence-corrected chi connectivity index (χ2v) is 8.96.